The number of nitrogens with one attached hydrogen (secondary N) is 2. The molecule has 130 valence electrons. The molecule has 0 saturated heterocycles. The normalized spacial score (nSPS) is 13.3. The van der Waals surface area contributed by atoms with Crippen molar-refractivity contribution in [1.82, 2.24) is 20.1 Å². The average molecular weight is 377 g/mol. The number of aromatic nitrogens is 3. The van der Waals surface area contributed by atoms with Gasteiger partial charge in [-0.1, -0.05) is 17.7 Å². The molecule has 0 bridgehead atoms. The Hall–Kier alpha value is -2.38. The maximum atomic E-state index is 11.9. The molecule has 8 heteroatoms. The van der Waals surface area contributed by atoms with Gasteiger partial charge < -0.3 is 14.6 Å². The summed E-state index contributed by atoms with van der Waals surface area (Å²) in [5.74, 6) is 1.42. The molecule has 0 unspecified atom stereocenters. The van der Waals surface area contributed by atoms with Crippen molar-refractivity contribution in [1.29, 1.82) is 0 Å². The quantitative estimate of drug-likeness (QED) is 0.621. The second-order valence-electron chi connectivity index (χ2n) is 5.57. The third-order valence-electron chi connectivity index (χ3n) is 3.78. The Morgan fingerprint density at radius 1 is 1.56 bits per heavy atom. The molecule has 2 heterocycles. The molecule has 2 N–H and O–H groups in total. The fraction of sp³-hybridized carbons (Fsp3) is 0.235. The number of benzene rings is 1. The minimum absolute atomic E-state index is 0.172. The first-order valence-corrected chi connectivity index (χ1v) is 8.50. The molecule has 6 nitrogen and oxygen atoms in total. The molecule has 0 saturated carbocycles. The van der Waals surface area contributed by atoms with Crippen molar-refractivity contribution in [2.45, 2.75) is 6.42 Å². The highest BCUT2D eigenvalue weighted by Crippen LogP contribution is 2.29. The first kappa shape index (κ1) is 17.4. The fourth-order valence-corrected chi connectivity index (χ4v) is 2.74. The zero-order chi connectivity index (χ0) is 17.8. The molecule has 1 aliphatic heterocycles. The largest absolute Gasteiger partial charge is 0.488 e. The number of aromatic amines is 1. The van der Waals surface area contributed by atoms with Gasteiger partial charge in [-0.15, -0.1) is 0 Å². The molecule has 0 atom stereocenters. The van der Waals surface area contributed by atoms with Gasteiger partial charge in [0.15, 0.2) is 4.77 Å². The molecule has 0 fully saturated rings. The number of halogens is 1. The zero-order valence-electron chi connectivity index (χ0n) is 13.6. The smallest absolute Gasteiger partial charge is 0.244 e. The van der Waals surface area contributed by atoms with Gasteiger partial charge in [-0.05, 0) is 42.1 Å². The molecule has 0 aliphatic carbocycles. The van der Waals surface area contributed by atoms with Gasteiger partial charge in [0.25, 0.3) is 0 Å². The molecule has 1 amide bonds. The first-order valence-electron chi connectivity index (χ1n) is 7.72. The van der Waals surface area contributed by atoms with Crippen LogP contribution in [-0.2, 0) is 18.3 Å². The van der Waals surface area contributed by atoms with E-state index in [1.807, 2.05) is 25.3 Å². The van der Waals surface area contributed by atoms with Gasteiger partial charge in [0.05, 0.1) is 0 Å². The van der Waals surface area contributed by atoms with Gasteiger partial charge in [-0.3, -0.25) is 9.89 Å². The Bertz CT molecular complexity index is 914. The molecule has 0 radical (unpaired) electrons. The van der Waals surface area contributed by atoms with Crippen LogP contribution in [0.5, 0.6) is 5.75 Å². The molecule has 3 rings (SSSR count). The SMILES string of the molecule is Cn1c(CCNC(=O)C=CC2=Cc3cc(Cl)ccc3OC2)n[nH]c1=S. The molecule has 1 aliphatic rings. The van der Waals surface area contributed by atoms with Crippen LogP contribution >= 0.6 is 23.8 Å². The summed E-state index contributed by atoms with van der Waals surface area (Å²) in [7, 11) is 1.84. The predicted molar refractivity (Wildman–Crippen MR) is 99.2 cm³/mol. The number of fused-ring (bicyclic) bond motifs is 1. The Morgan fingerprint density at radius 3 is 3.16 bits per heavy atom. The molecule has 2 aromatic rings. The van der Waals surface area contributed by atoms with Crippen molar-refractivity contribution in [3.63, 3.8) is 0 Å². The van der Waals surface area contributed by atoms with Gasteiger partial charge in [-0.25, -0.2) is 0 Å². The zero-order valence-corrected chi connectivity index (χ0v) is 15.2. The minimum atomic E-state index is -0.172. The van der Waals surface area contributed by atoms with Crippen molar-refractivity contribution in [3.05, 3.63) is 57.1 Å². The van der Waals surface area contributed by atoms with E-state index in [1.54, 1.807) is 16.7 Å². The molecule has 1 aromatic carbocycles. The van der Waals surface area contributed by atoms with Gasteiger partial charge in [0.1, 0.15) is 18.2 Å². The highest BCUT2D eigenvalue weighted by atomic mass is 35.5. The Labute approximate surface area is 155 Å². The second-order valence-corrected chi connectivity index (χ2v) is 6.39. The number of carbonyl (C=O) groups is 1. The topological polar surface area (TPSA) is 71.9 Å². The second kappa shape index (κ2) is 7.67. The van der Waals surface area contributed by atoms with E-state index >= 15 is 0 Å². The van der Waals surface area contributed by atoms with E-state index in [-0.39, 0.29) is 5.91 Å². The first-order chi connectivity index (χ1) is 12.0. The van der Waals surface area contributed by atoms with E-state index < -0.39 is 0 Å². The predicted octanol–water partition coefficient (Wildman–Crippen LogP) is 2.82. The molecular formula is C17H17ClN4O2S. The van der Waals surface area contributed by atoms with Crippen molar-refractivity contribution in [3.8, 4) is 5.75 Å². The van der Waals surface area contributed by atoms with Crippen molar-refractivity contribution in [2.75, 3.05) is 13.2 Å². The van der Waals surface area contributed by atoms with E-state index in [4.69, 9.17) is 28.6 Å². The number of hydrogen-bond donors (Lipinski definition) is 2. The van der Waals surface area contributed by atoms with Crippen LogP contribution in [0.1, 0.15) is 11.4 Å². The summed E-state index contributed by atoms with van der Waals surface area (Å²) >= 11 is 11.0. The van der Waals surface area contributed by atoms with Crippen LogP contribution < -0.4 is 10.1 Å². The third-order valence-corrected chi connectivity index (χ3v) is 4.38. The summed E-state index contributed by atoms with van der Waals surface area (Å²) in [5, 5.41) is 10.3. The number of H-pyrrole nitrogens is 1. The lowest BCUT2D eigenvalue weighted by Crippen LogP contribution is -2.24. The fourth-order valence-electron chi connectivity index (χ4n) is 2.40. The van der Waals surface area contributed by atoms with Crippen LogP contribution in [0.2, 0.25) is 5.02 Å². The van der Waals surface area contributed by atoms with Crippen LogP contribution in [0.25, 0.3) is 6.08 Å². The summed E-state index contributed by atoms with van der Waals surface area (Å²) in [6.45, 7) is 0.897. The summed E-state index contributed by atoms with van der Waals surface area (Å²) in [6, 6.07) is 5.46. The van der Waals surface area contributed by atoms with E-state index in [1.165, 1.54) is 6.08 Å². The Morgan fingerprint density at radius 2 is 2.40 bits per heavy atom. The van der Waals surface area contributed by atoms with Crippen LogP contribution in [0.3, 0.4) is 0 Å². The van der Waals surface area contributed by atoms with E-state index in [0.717, 1.165) is 22.7 Å². The molecular weight excluding hydrogens is 360 g/mol. The van der Waals surface area contributed by atoms with Gasteiger partial charge in [0, 0.05) is 36.7 Å². The Kier molecular flexibility index (Phi) is 5.35. The summed E-state index contributed by atoms with van der Waals surface area (Å²) in [6.07, 6.45) is 5.80. The summed E-state index contributed by atoms with van der Waals surface area (Å²) in [5.41, 5.74) is 1.81. The Balaban J connectivity index is 1.54. The summed E-state index contributed by atoms with van der Waals surface area (Å²) < 4.78 is 7.99. The van der Waals surface area contributed by atoms with Crippen molar-refractivity contribution < 1.29 is 9.53 Å². The van der Waals surface area contributed by atoms with Gasteiger partial charge >= 0.3 is 0 Å². The average Bonchev–Trinajstić information content (AvgIpc) is 2.91. The molecule has 0 spiro atoms. The van der Waals surface area contributed by atoms with Crippen LogP contribution in [0.15, 0.2) is 35.9 Å². The molecule has 1 aromatic heterocycles. The number of hydrogen-bond acceptors (Lipinski definition) is 4. The maximum absolute atomic E-state index is 11.9. The number of rotatable bonds is 5. The van der Waals surface area contributed by atoms with E-state index in [2.05, 4.69) is 15.5 Å². The maximum Gasteiger partial charge on any atom is 0.244 e. The number of carbonyl (C=O) groups excluding carboxylic acids is 1. The number of amides is 1. The summed E-state index contributed by atoms with van der Waals surface area (Å²) in [4.78, 5) is 11.9. The van der Waals surface area contributed by atoms with Crippen LogP contribution in [0.4, 0.5) is 0 Å². The molecule has 25 heavy (non-hydrogen) atoms. The number of ether oxygens (including phenoxy) is 1. The van der Waals surface area contributed by atoms with Crippen LogP contribution in [0, 0.1) is 4.77 Å². The lowest BCUT2D eigenvalue weighted by Gasteiger charge is -2.16. The van der Waals surface area contributed by atoms with Crippen LogP contribution in [-0.4, -0.2) is 33.8 Å². The minimum Gasteiger partial charge on any atom is -0.488 e. The lowest BCUT2D eigenvalue weighted by molar-refractivity contribution is -0.116. The highest BCUT2D eigenvalue weighted by molar-refractivity contribution is 7.71. The third kappa shape index (κ3) is 4.37. The van der Waals surface area contributed by atoms with E-state index in [0.29, 0.717) is 29.4 Å². The standard InChI is InChI=1S/C17H17ClN4O2S/c1-22-15(20-21-17(22)25)6-7-19-16(23)5-2-11-8-12-9-13(18)3-4-14(12)24-10-11/h2-5,8-9H,6-7,10H2,1H3,(H,19,23)(H,21,25). The highest BCUT2D eigenvalue weighted by Gasteiger charge is 2.10. The van der Waals surface area contributed by atoms with Crippen molar-refractivity contribution >= 4 is 35.8 Å². The van der Waals surface area contributed by atoms with Gasteiger partial charge in [-0.2, -0.15) is 5.10 Å². The van der Waals surface area contributed by atoms with Gasteiger partial charge in [0.2, 0.25) is 5.91 Å². The number of nitrogens with zero attached hydrogens (tertiary/aromatic N) is 2. The monoisotopic (exact) mass is 376 g/mol. The van der Waals surface area contributed by atoms with E-state index in [9.17, 15) is 4.79 Å². The lowest BCUT2D eigenvalue weighted by atomic mass is 10.1. The van der Waals surface area contributed by atoms with Crippen molar-refractivity contribution in [2.24, 2.45) is 7.05 Å².